The topological polar surface area (TPSA) is 83.5 Å². The minimum atomic E-state index is -3.62. The lowest BCUT2D eigenvalue weighted by Crippen LogP contribution is -2.15. The molecule has 2 rings (SSSR count). The third kappa shape index (κ3) is 3.55. The Balaban J connectivity index is 2.18. The van der Waals surface area contributed by atoms with E-state index in [-0.39, 0.29) is 16.3 Å². The first-order valence-corrected chi connectivity index (χ1v) is 7.86. The van der Waals surface area contributed by atoms with Crippen LogP contribution in [0.3, 0.4) is 0 Å². The summed E-state index contributed by atoms with van der Waals surface area (Å²) < 4.78 is 26.2. The van der Waals surface area contributed by atoms with E-state index < -0.39 is 16.0 Å². The first-order chi connectivity index (χ1) is 8.98. The van der Waals surface area contributed by atoms with Crippen molar-refractivity contribution < 1.29 is 18.3 Å². The van der Waals surface area contributed by atoms with Crippen molar-refractivity contribution in [1.29, 1.82) is 0 Å². The second-order valence-electron chi connectivity index (χ2n) is 3.82. The zero-order valence-electron chi connectivity index (χ0n) is 9.74. The minimum Gasteiger partial charge on any atom is -0.478 e. The summed E-state index contributed by atoms with van der Waals surface area (Å²) >= 11 is 1.04. The largest absolute Gasteiger partial charge is 0.478 e. The summed E-state index contributed by atoms with van der Waals surface area (Å²) in [5, 5.41) is 10.6. The fourth-order valence-corrected chi connectivity index (χ4v) is 3.82. The molecule has 0 aliphatic rings. The maximum atomic E-state index is 11.9. The van der Waals surface area contributed by atoms with Crippen LogP contribution in [0.5, 0.6) is 0 Å². The second kappa shape index (κ2) is 5.41. The van der Waals surface area contributed by atoms with Gasteiger partial charge in [0.2, 0.25) is 10.0 Å². The number of carboxylic acids is 1. The molecule has 7 heteroatoms. The van der Waals surface area contributed by atoms with Gasteiger partial charge in [-0.2, -0.15) is 0 Å². The molecule has 1 heterocycles. The number of hydrogen-bond acceptors (Lipinski definition) is 4. The highest BCUT2D eigenvalue weighted by Crippen LogP contribution is 2.25. The predicted molar refractivity (Wildman–Crippen MR) is 74.0 cm³/mol. The molecule has 0 unspecified atom stereocenters. The number of carbonyl (C=O) groups is 1. The van der Waals surface area contributed by atoms with E-state index in [9.17, 15) is 13.2 Å². The van der Waals surface area contributed by atoms with Gasteiger partial charge in [-0.05, 0) is 17.0 Å². The molecular formula is C12H11NO4S2. The average molecular weight is 297 g/mol. The molecule has 5 nitrogen and oxygen atoms in total. The maximum absolute atomic E-state index is 11.9. The van der Waals surface area contributed by atoms with E-state index in [1.54, 1.807) is 30.3 Å². The van der Waals surface area contributed by atoms with Gasteiger partial charge >= 0.3 is 5.97 Å². The van der Waals surface area contributed by atoms with Crippen molar-refractivity contribution >= 4 is 32.3 Å². The number of sulfonamides is 1. The number of aromatic carboxylic acids is 1. The molecule has 0 radical (unpaired) electrons. The summed E-state index contributed by atoms with van der Waals surface area (Å²) in [7, 11) is -3.62. The fourth-order valence-electron chi connectivity index (χ4n) is 1.53. The SMILES string of the molecule is O=C(O)c1ccsc1NS(=O)(=O)Cc1ccccc1. The number of anilines is 1. The second-order valence-corrected chi connectivity index (χ2v) is 6.45. The zero-order chi connectivity index (χ0) is 13.9. The van der Waals surface area contributed by atoms with Gasteiger partial charge in [0, 0.05) is 0 Å². The highest BCUT2D eigenvalue weighted by Gasteiger charge is 2.17. The van der Waals surface area contributed by atoms with Gasteiger partial charge in [0.25, 0.3) is 0 Å². The molecule has 2 aromatic rings. The molecule has 19 heavy (non-hydrogen) atoms. The highest BCUT2D eigenvalue weighted by molar-refractivity contribution is 7.92. The Hall–Kier alpha value is -1.86. The number of hydrogen-bond donors (Lipinski definition) is 2. The Morgan fingerprint density at radius 1 is 1.21 bits per heavy atom. The van der Waals surface area contributed by atoms with Crippen LogP contribution in [-0.4, -0.2) is 19.5 Å². The van der Waals surface area contributed by atoms with Crippen molar-refractivity contribution in [1.82, 2.24) is 0 Å². The molecule has 0 saturated heterocycles. The van der Waals surface area contributed by atoms with E-state index in [1.807, 2.05) is 0 Å². The summed E-state index contributed by atoms with van der Waals surface area (Å²) in [5.74, 6) is -1.34. The van der Waals surface area contributed by atoms with E-state index in [0.29, 0.717) is 5.56 Å². The van der Waals surface area contributed by atoms with E-state index in [0.717, 1.165) is 11.3 Å². The van der Waals surface area contributed by atoms with Crippen molar-refractivity contribution in [3.8, 4) is 0 Å². The van der Waals surface area contributed by atoms with Gasteiger partial charge in [0.1, 0.15) is 5.00 Å². The molecule has 0 aliphatic heterocycles. The summed E-state index contributed by atoms with van der Waals surface area (Å²) in [6.07, 6.45) is 0. The average Bonchev–Trinajstić information content (AvgIpc) is 2.77. The van der Waals surface area contributed by atoms with E-state index in [4.69, 9.17) is 5.11 Å². The van der Waals surface area contributed by atoms with Crippen LogP contribution in [-0.2, 0) is 15.8 Å². The third-order valence-corrected chi connectivity index (χ3v) is 4.53. The van der Waals surface area contributed by atoms with Crippen molar-refractivity contribution in [2.45, 2.75) is 5.75 Å². The Labute approximate surface area is 114 Å². The molecule has 100 valence electrons. The summed E-state index contributed by atoms with van der Waals surface area (Å²) in [4.78, 5) is 10.9. The molecule has 1 aromatic heterocycles. The van der Waals surface area contributed by atoms with Gasteiger partial charge in [-0.15, -0.1) is 11.3 Å². The quantitative estimate of drug-likeness (QED) is 0.887. The number of benzene rings is 1. The standard InChI is InChI=1S/C12H11NO4S2/c14-12(15)10-6-7-18-11(10)13-19(16,17)8-9-4-2-1-3-5-9/h1-7,13H,8H2,(H,14,15). The smallest absolute Gasteiger partial charge is 0.338 e. The van der Waals surface area contributed by atoms with Gasteiger partial charge in [0.05, 0.1) is 11.3 Å². The van der Waals surface area contributed by atoms with E-state index >= 15 is 0 Å². The molecular weight excluding hydrogens is 286 g/mol. The lowest BCUT2D eigenvalue weighted by atomic mass is 10.2. The zero-order valence-corrected chi connectivity index (χ0v) is 11.4. The van der Waals surface area contributed by atoms with Gasteiger partial charge in [-0.1, -0.05) is 30.3 Å². The molecule has 2 N–H and O–H groups in total. The normalized spacial score (nSPS) is 11.2. The van der Waals surface area contributed by atoms with Crippen LogP contribution >= 0.6 is 11.3 Å². The molecule has 0 aliphatic carbocycles. The third-order valence-electron chi connectivity index (χ3n) is 2.34. The molecule has 0 amide bonds. The van der Waals surface area contributed by atoms with Crippen LogP contribution in [0.2, 0.25) is 0 Å². The number of nitrogens with one attached hydrogen (secondary N) is 1. The Morgan fingerprint density at radius 3 is 2.53 bits per heavy atom. The lowest BCUT2D eigenvalue weighted by Gasteiger charge is -2.07. The minimum absolute atomic E-state index is 0.0402. The summed E-state index contributed by atoms with van der Waals surface area (Å²) in [5.41, 5.74) is 0.602. The molecule has 0 saturated carbocycles. The van der Waals surface area contributed by atoms with Gasteiger partial charge < -0.3 is 5.11 Å². The maximum Gasteiger partial charge on any atom is 0.338 e. The molecule has 1 aromatic carbocycles. The van der Waals surface area contributed by atoms with Crippen molar-refractivity contribution in [3.05, 3.63) is 52.9 Å². The highest BCUT2D eigenvalue weighted by atomic mass is 32.2. The number of carboxylic acid groups (broad SMARTS) is 1. The first-order valence-electron chi connectivity index (χ1n) is 5.33. The molecule has 0 bridgehead atoms. The first kappa shape index (κ1) is 13.6. The van der Waals surface area contributed by atoms with Crippen LogP contribution in [0.1, 0.15) is 15.9 Å². The van der Waals surface area contributed by atoms with Crippen molar-refractivity contribution in [3.63, 3.8) is 0 Å². The number of thiophene rings is 1. The molecule has 0 fully saturated rings. The summed E-state index contributed by atoms with van der Waals surface area (Å²) in [6, 6.07) is 10.1. The fraction of sp³-hybridized carbons (Fsp3) is 0.0833. The van der Waals surface area contributed by atoms with E-state index in [2.05, 4.69) is 4.72 Å². The number of rotatable bonds is 5. The van der Waals surface area contributed by atoms with Crippen LogP contribution in [0.15, 0.2) is 41.8 Å². The van der Waals surface area contributed by atoms with Gasteiger partial charge in [-0.3, -0.25) is 4.72 Å². The molecule has 0 spiro atoms. The van der Waals surface area contributed by atoms with Gasteiger partial charge in [0.15, 0.2) is 0 Å². The Morgan fingerprint density at radius 2 is 1.89 bits per heavy atom. The van der Waals surface area contributed by atoms with Crippen LogP contribution in [0.25, 0.3) is 0 Å². The lowest BCUT2D eigenvalue weighted by molar-refractivity contribution is 0.0698. The monoisotopic (exact) mass is 297 g/mol. The predicted octanol–water partition coefficient (Wildman–Crippen LogP) is 2.39. The Kier molecular flexibility index (Phi) is 3.87. The van der Waals surface area contributed by atoms with Crippen LogP contribution < -0.4 is 4.72 Å². The Bertz CT molecular complexity index is 677. The van der Waals surface area contributed by atoms with Crippen molar-refractivity contribution in [2.75, 3.05) is 4.72 Å². The molecule has 0 atom stereocenters. The van der Waals surface area contributed by atoms with Crippen LogP contribution in [0.4, 0.5) is 5.00 Å². The summed E-state index contributed by atoms with van der Waals surface area (Å²) in [6.45, 7) is 0. The van der Waals surface area contributed by atoms with Crippen molar-refractivity contribution in [2.24, 2.45) is 0 Å². The van der Waals surface area contributed by atoms with Gasteiger partial charge in [-0.25, -0.2) is 13.2 Å². The van der Waals surface area contributed by atoms with E-state index in [1.165, 1.54) is 11.4 Å². The van der Waals surface area contributed by atoms with Crippen LogP contribution in [0, 0.1) is 0 Å².